The van der Waals surface area contributed by atoms with E-state index in [1.54, 1.807) is 0 Å². The van der Waals surface area contributed by atoms with E-state index in [-0.39, 0.29) is 0 Å². The number of benzene rings is 4. The molecular weight excluding hydrogens is 331 g/mol. The van der Waals surface area contributed by atoms with Crippen molar-refractivity contribution >= 4 is 27.8 Å². The van der Waals surface area contributed by atoms with Crippen molar-refractivity contribution in [2.75, 3.05) is 6.66 Å². The molecule has 26 heavy (non-hydrogen) atoms. The van der Waals surface area contributed by atoms with Crippen molar-refractivity contribution in [1.29, 1.82) is 0 Å². The quantitative estimate of drug-likeness (QED) is 0.412. The van der Waals surface area contributed by atoms with Gasteiger partial charge in [0.2, 0.25) is 0 Å². The van der Waals surface area contributed by atoms with Crippen LogP contribution in [0, 0.1) is 0 Å². The molecule has 2 aliphatic rings. The number of hydrogen-bond donors (Lipinski definition) is 0. The van der Waals surface area contributed by atoms with E-state index in [9.17, 15) is 0 Å². The van der Waals surface area contributed by atoms with Crippen LogP contribution in [-0.4, -0.2) is 6.66 Å². The third-order valence-electron chi connectivity index (χ3n) is 6.61. The summed E-state index contributed by atoms with van der Waals surface area (Å²) in [7, 11) is 0. The molecule has 6 rings (SSSR count). The summed E-state index contributed by atoms with van der Waals surface area (Å²) >= 11 is 0. The van der Waals surface area contributed by atoms with Gasteiger partial charge in [-0.3, -0.25) is 0 Å². The molecule has 0 N–H and O–H groups in total. The monoisotopic (exact) mass is 350 g/mol. The van der Waals surface area contributed by atoms with Gasteiger partial charge in [-0.2, -0.15) is 0 Å². The second-order valence-electron chi connectivity index (χ2n) is 7.63. The Labute approximate surface area is 154 Å². The van der Waals surface area contributed by atoms with E-state index >= 15 is 0 Å². The van der Waals surface area contributed by atoms with Gasteiger partial charge >= 0.3 is 154 Å². The molecule has 0 saturated heterocycles. The SMILES string of the molecule is CP12(c3ccccc3-c3ccccc31)c1ccccc1-c1ccccc12. The summed E-state index contributed by atoms with van der Waals surface area (Å²) in [6, 6.07) is 36.3. The van der Waals surface area contributed by atoms with Crippen LogP contribution in [0.4, 0.5) is 0 Å². The molecule has 2 aliphatic heterocycles. The zero-order chi connectivity index (χ0) is 17.4. The van der Waals surface area contributed by atoms with Crippen molar-refractivity contribution < 1.29 is 0 Å². The normalized spacial score (nSPS) is 18.3. The Kier molecular flexibility index (Phi) is 2.52. The molecule has 0 atom stereocenters. The first-order valence-electron chi connectivity index (χ1n) is 9.15. The molecule has 0 aromatic heterocycles. The van der Waals surface area contributed by atoms with Gasteiger partial charge in [0.05, 0.1) is 0 Å². The summed E-state index contributed by atoms with van der Waals surface area (Å²) < 4.78 is 0. The van der Waals surface area contributed by atoms with E-state index in [4.69, 9.17) is 0 Å². The molecule has 0 radical (unpaired) electrons. The van der Waals surface area contributed by atoms with Gasteiger partial charge in [-0.15, -0.1) is 0 Å². The van der Waals surface area contributed by atoms with Gasteiger partial charge in [0.15, 0.2) is 0 Å². The zero-order valence-corrected chi connectivity index (χ0v) is 15.6. The third kappa shape index (κ3) is 1.33. The molecule has 1 spiro atoms. The summed E-state index contributed by atoms with van der Waals surface area (Å²) in [6.07, 6.45) is 0. The van der Waals surface area contributed by atoms with Gasteiger partial charge in [-0.1, -0.05) is 0 Å². The maximum atomic E-state index is 2.57. The van der Waals surface area contributed by atoms with Gasteiger partial charge in [0, 0.05) is 0 Å². The van der Waals surface area contributed by atoms with E-state index in [0.29, 0.717) is 0 Å². The molecule has 0 aliphatic carbocycles. The molecule has 4 aromatic rings. The Hall–Kier alpha value is -2.69. The van der Waals surface area contributed by atoms with Crippen LogP contribution in [0.2, 0.25) is 0 Å². The molecule has 0 nitrogen and oxygen atoms in total. The van der Waals surface area contributed by atoms with Crippen LogP contribution >= 0.6 is 6.60 Å². The molecular formula is C25H19P. The number of hydrogen-bond acceptors (Lipinski definition) is 0. The third-order valence-corrected chi connectivity index (χ3v) is 13.0. The second kappa shape index (κ2) is 4.53. The summed E-state index contributed by atoms with van der Waals surface area (Å²) in [5.74, 6) is 0. The van der Waals surface area contributed by atoms with Crippen LogP contribution in [0.25, 0.3) is 22.3 Å². The fourth-order valence-electron chi connectivity index (χ4n) is 5.53. The van der Waals surface area contributed by atoms with Crippen molar-refractivity contribution in [2.24, 2.45) is 0 Å². The summed E-state index contributed by atoms with van der Waals surface area (Å²) in [4.78, 5) is 0. The minimum absolute atomic E-state index is 1.41. The van der Waals surface area contributed by atoms with E-state index < -0.39 is 6.60 Å². The van der Waals surface area contributed by atoms with Crippen molar-refractivity contribution in [3.05, 3.63) is 97.1 Å². The number of fused-ring (bicyclic) bond motifs is 10. The van der Waals surface area contributed by atoms with Crippen LogP contribution in [-0.2, 0) is 0 Å². The second-order valence-corrected chi connectivity index (χ2v) is 12.7. The Morgan fingerprint density at radius 3 is 0.885 bits per heavy atom. The summed E-state index contributed by atoms with van der Waals surface area (Å²) in [5.41, 5.74) is 5.65. The van der Waals surface area contributed by atoms with Gasteiger partial charge in [0.1, 0.15) is 0 Å². The average molecular weight is 350 g/mol. The summed E-state index contributed by atoms with van der Waals surface area (Å²) in [5, 5.41) is 6.10. The average Bonchev–Trinajstić information content (AvgIpc) is 3.11. The van der Waals surface area contributed by atoms with E-state index in [2.05, 4.69) is 104 Å². The van der Waals surface area contributed by atoms with Crippen molar-refractivity contribution in [3.63, 3.8) is 0 Å². The van der Waals surface area contributed by atoms with E-state index in [1.807, 2.05) is 0 Å². The van der Waals surface area contributed by atoms with Crippen molar-refractivity contribution in [3.8, 4) is 22.3 Å². The van der Waals surface area contributed by atoms with E-state index in [0.717, 1.165) is 0 Å². The van der Waals surface area contributed by atoms with Crippen LogP contribution in [0.15, 0.2) is 97.1 Å². The Morgan fingerprint density at radius 2 is 0.615 bits per heavy atom. The van der Waals surface area contributed by atoms with Crippen LogP contribution in [0.1, 0.15) is 0 Å². The van der Waals surface area contributed by atoms with Crippen LogP contribution < -0.4 is 21.2 Å². The predicted molar refractivity (Wildman–Crippen MR) is 115 cm³/mol. The molecule has 0 bridgehead atoms. The first-order valence-corrected chi connectivity index (χ1v) is 11.8. The first-order chi connectivity index (χ1) is 12.7. The Bertz CT molecular complexity index is 1020. The van der Waals surface area contributed by atoms with Gasteiger partial charge in [-0.05, 0) is 0 Å². The molecule has 4 aromatic carbocycles. The fourth-order valence-corrected chi connectivity index (χ4v) is 12.1. The molecule has 0 amide bonds. The molecule has 0 saturated carbocycles. The van der Waals surface area contributed by atoms with Crippen molar-refractivity contribution in [2.45, 2.75) is 0 Å². The van der Waals surface area contributed by atoms with Crippen LogP contribution in [0.3, 0.4) is 0 Å². The maximum absolute atomic E-state index is 2.67. The van der Waals surface area contributed by atoms with Gasteiger partial charge < -0.3 is 0 Å². The molecule has 0 unspecified atom stereocenters. The topological polar surface area (TPSA) is 0 Å². The standard InChI is InChI=1S/C25H19P/c1-26(22-14-6-2-10-18(22)19-11-3-7-15-23(19)26)24-16-8-4-12-20(24)21-13-5-9-17-25(21)26/h2-17H,1H3. The number of rotatable bonds is 0. The van der Waals surface area contributed by atoms with Crippen molar-refractivity contribution in [1.82, 2.24) is 0 Å². The zero-order valence-electron chi connectivity index (χ0n) is 14.7. The summed E-state index contributed by atoms with van der Waals surface area (Å²) in [6.45, 7) is -0.0978. The molecule has 2 heterocycles. The Morgan fingerprint density at radius 1 is 0.385 bits per heavy atom. The first kappa shape index (κ1) is 14.5. The molecule has 0 fully saturated rings. The van der Waals surface area contributed by atoms with Gasteiger partial charge in [0.25, 0.3) is 0 Å². The Balaban J connectivity index is 1.95. The van der Waals surface area contributed by atoms with Gasteiger partial charge in [-0.25, -0.2) is 0 Å². The van der Waals surface area contributed by atoms with E-state index in [1.165, 1.54) is 43.5 Å². The minimum atomic E-state index is -2.67. The predicted octanol–water partition coefficient (Wildman–Crippen LogP) is 4.43. The fraction of sp³-hybridized carbons (Fsp3) is 0.0400. The molecule has 124 valence electrons. The molecule has 1 heteroatoms. The van der Waals surface area contributed by atoms with Crippen LogP contribution in [0.5, 0.6) is 0 Å².